The van der Waals surface area contributed by atoms with E-state index in [2.05, 4.69) is 6.58 Å². The lowest BCUT2D eigenvalue weighted by Gasteiger charge is -2.21. The van der Waals surface area contributed by atoms with Gasteiger partial charge in [-0.1, -0.05) is 25.3 Å². The van der Waals surface area contributed by atoms with E-state index >= 15 is 0 Å². The summed E-state index contributed by atoms with van der Waals surface area (Å²) in [6.07, 6.45) is 3.87. The molecule has 0 aliphatic carbocycles. The Morgan fingerprint density at radius 2 is 1.56 bits per heavy atom. The maximum Gasteiger partial charge on any atom is 0.108 e. The number of hydrogen-bond donors (Lipinski definition) is 4. The van der Waals surface area contributed by atoms with Crippen LogP contribution in [0.5, 0.6) is 0 Å². The van der Waals surface area contributed by atoms with Crippen LogP contribution in [-0.4, -0.2) is 45.3 Å². The Bertz CT molecular complexity index is 172. The van der Waals surface area contributed by atoms with Crippen molar-refractivity contribution in [1.29, 1.82) is 0 Å². The van der Waals surface area contributed by atoms with Crippen molar-refractivity contribution in [3.8, 4) is 0 Å². The molecule has 0 fully saturated rings. The summed E-state index contributed by atoms with van der Waals surface area (Å²) in [5.74, 6) is 0. The smallest absolute Gasteiger partial charge is 0.108 e. The average molecular weight is 232 g/mol. The topological polar surface area (TPSA) is 80.9 Å². The number of allylic oxidation sites excluding steroid dienone is 1. The highest BCUT2D eigenvalue weighted by molar-refractivity contribution is 4.74. The molecule has 4 N–H and O–H groups in total. The number of unbranched alkanes of at least 4 members (excludes halogenated alkanes) is 4. The van der Waals surface area contributed by atoms with Crippen LogP contribution in [0.4, 0.5) is 0 Å². The zero-order chi connectivity index (χ0) is 12.4. The number of hydrogen-bond acceptors (Lipinski definition) is 4. The van der Waals surface area contributed by atoms with Gasteiger partial charge in [0, 0.05) is 0 Å². The standard InChI is InChI=1S/C12H24O4/c1-2-3-4-5-6-7-8-10(14)12(16)11(15)9-13/h2,10-16H,1,3-9H2/t10?,11-,12+/m1/s1. The molecule has 0 aromatic heterocycles. The third kappa shape index (κ3) is 6.95. The van der Waals surface area contributed by atoms with Crippen LogP contribution in [-0.2, 0) is 0 Å². The van der Waals surface area contributed by atoms with Gasteiger partial charge in [-0.05, 0) is 19.3 Å². The fourth-order valence-electron chi connectivity index (χ4n) is 1.53. The molecule has 0 aromatic carbocycles. The molecule has 16 heavy (non-hydrogen) atoms. The van der Waals surface area contributed by atoms with Crippen molar-refractivity contribution in [3.05, 3.63) is 12.7 Å². The summed E-state index contributed by atoms with van der Waals surface area (Å²) in [5, 5.41) is 36.5. The van der Waals surface area contributed by atoms with Gasteiger partial charge in [0.15, 0.2) is 0 Å². The van der Waals surface area contributed by atoms with Crippen LogP contribution in [0.25, 0.3) is 0 Å². The van der Waals surface area contributed by atoms with Crippen molar-refractivity contribution < 1.29 is 20.4 Å². The molecule has 0 saturated heterocycles. The molecule has 96 valence electrons. The third-order valence-electron chi connectivity index (χ3n) is 2.63. The second-order valence-corrected chi connectivity index (χ2v) is 4.09. The van der Waals surface area contributed by atoms with E-state index in [0.29, 0.717) is 6.42 Å². The SMILES string of the molecule is C=CCCCCCCC(O)[C@H](O)[C@H](O)CO. The summed E-state index contributed by atoms with van der Waals surface area (Å²) in [7, 11) is 0. The summed E-state index contributed by atoms with van der Waals surface area (Å²) in [4.78, 5) is 0. The molecule has 4 heteroatoms. The van der Waals surface area contributed by atoms with Crippen LogP contribution in [0.2, 0.25) is 0 Å². The molecule has 0 aromatic rings. The number of aliphatic hydroxyl groups is 4. The molecule has 1 unspecified atom stereocenters. The van der Waals surface area contributed by atoms with Gasteiger partial charge in [-0.25, -0.2) is 0 Å². The minimum absolute atomic E-state index is 0.451. The largest absolute Gasteiger partial charge is 0.394 e. The maximum absolute atomic E-state index is 9.48. The maximum atomic E-state index is 9.48. The van der Waals surface area contributed by atoms with Gasteiger partial charge in [-0.3, -0.25) is 0 Å². The van der Waals surface area contributed by atoms with Crippen LogP contribution in [0, 0.1) is 0 Å². The van der Waals surface area contributed by atoms with Crippen LogP contribution in [0.15, 0.2) is 12.7 Å². The van der Waals surface area contributed by atoms with E-state index in [0.717, 1.165) is 32.1 Å². The molecular weight excluding hydrogens is 208 g/mol. The summed E-state index contributed by atoms with van der Waals surface area (Å²) < 4.78 is 0. The minimum atomic E-state index is -1.25. The monoisotopic (exact) mass is 232 g/mol. The van der Waals surface area contributed by atoms with Crippen LogP contribution < -0.4 is 0 Å². The Morgan fingerprint density at radius 3 is 2.12 bits per heavy atom. The Hall–Kier alpha value is -0.420. The van der Waals surface area contributed by atoms with Gasteiger partial charge < -0.3 is 20.4 Å². The first kappa shape index (κ1) is 15.6. The highest BCUT2D eigenvalue weighted by atomic mass is 16.4. The first-order chi connectivity index (χ1) is 7.63. The summed E-state index contributed by atoms with van der Waals surface area (Å²) >= 11 is 0. The molecule has 4 nitrogen and oxygen atoms in total. The fourth-order valence-corrected chi connectivity index (χ4v) is 1.53. The molecule has 0 aliphatic rings. The Kier molecular flexibility index (Phi) is 9.52. The lowest BCUT2D eigenvalue weighted by atomic mass is 10.0. The lowest BCUT2D eigenvalue weighted by Crippen LogP contribution is -2.39. The molecule has 3 atom stereocenters. The predicted molar refractivity (Wildman–Crippen MR) is 63.0 cm³/mol. The van der Waals surface area contributed by atoms with Gasteiger partial charge in [0.25, 0.3) is 0 Å². The Morgan fingerprint density at radius 1 is 0.938 bits per heavy atom. The molecule has 0 saturated carbocycles. The van der Waals surface area contributed by atoms with Gasteiger partial charge in [0.05, 0.1) is 12.7 Å². The van der Waals surface area contributed by atoms with Gasteiger partial charge in [0.2, 0.25) is 0 Å². The first-order valence-corrected chi connectivity index (χ1v) is 5.89. The zero-order valence-electron chi connectivity index (χ0n) is 9.76. The molecular formula is C12H24O4. The van der Waals surface area contributed by atoms with Crippen molar-refractivity contribution in [2.75, 3.05) is 6.61 Å². The minimum Gasteiger partial charge on any atom is -0.394 e. The molecule has 0 rings (SSSR count). The van der Waals surface area contributed by atoms with Crippen molar-refractivity contribution in [2.45, 2.75) is 56.8 Å². The quantitative estimate of drug-likeness (QED) is 0.328. The summed E-state index contributed by atoms with van der Waals surface area (Å²) in [6, 6.07) is 0. The molecule has 0 spiro atoms. The van der Waals surface area contributed by atoms with Gasteiger partial charge in [-0.15, -0.1) is 6.58 Å². The van der Waals surface area contributed by atoms with Crippen molar-refractivity contribution in [2.24, 2.45) is 0 Å². The predicted octanol–water partition coefficient (Wildman–Crippen LogP) is 0.588. The number of aliphatic hydroxyl groups excluding tert-OH is 4. The molecule has 0 heterocycles. The van der Waals surface area contributed by atoms with E-state index in [4.69, 9.17) is 10.2 Å². The van der Waals surface area contributed by atoms with E-state index in [9.17, 15) is 10.2 Å². The van der Waals surface area contributed by atoms with E-state index in [-0.39, 0.29) is 0 Å². The second-order valence-electron chi connectivity index (χ2n) is 4.09. The lowest BCUT2D eigenvalue weighted by molar-refractivity contribution is -0.0787. The highest BCUT2D eigenvalue weighted by Gasteiger charge is 2.23. The van der Waals surface area contributed by atoms with Crippen molar-refractivity contribution in [1.82, 2.24) is 0 Å². The normalized spacial score (nSPS) is 16.8. The first-order valence-electron chi connectivity index (χ1n) is 5.89. The molecule has 0 aliphatic heterocycles. The summed E-state index contributed by atoms with van der Waals surface area (Å²) in [6.45, 7) is 3.10. The van der Waals surface area contributed by atoms with Gasteiger partial charge >= 0.3 is 0 Å². The van der Waals surface area contributed by atoms with Gasteiger partial charge in [0.1, 0.15) is 12.2 Å². The third-order valence-corrected chi connectivity index (χ3v) is 2.63. The summed E-state index contributed by atoms with van der Waals surface area (Å²) in [5.41, 5.74) is 0. The van der Waals surface area contributed by atoms with Gasteiger partial charge in [-0.2, -0.15) is 0 Å². The average Bonchev–Trinajstić information content (AvgIpc) is 2.31. The number of rotatable bonds is 10. The molecule has 0 amide bonds. The van der Waals surface area contributed by atoms with E-state index in [1.54, 1.807) is 0 Å². The molecule has 0 radical (unpaired) electrons. The van der Waals surface area contributed by atoms with Crippen LogP contribution >= 0.6 is 0 Å². The zero-order valence-corrected chi connectivity index (χ0v) is 9.76. The van der Waals surface area contributed by atoms with E-state index < -0.39 is 24.9 Å². The van der Waals surface area contributed by atoms with Crippen molar-refractivity contribution in [3.63, 3.8) is 0 Å². The van der Waals surface area contributed by atoms with Crippen molar-refractivity contribution >= 4 is 0 Å². The van der Waals surface area contributed by atoms with E-state index in [1.807, 2.05) is 6.08 Å². The fraction of sp³-hybridized carbons (Fsp3) is 0.833. The Balaban J connectivity index is 3.49. The molecule has 0 bridgehead atoms. The van der Waals surface area contributed by atoms with Crippen LogP contribution in [0.1, 0.15) is 38.5 Å². The highest BCUT2D eigenvalue weighted by Crippen LogP contribution is 2.11. The van der Waals surface area contributed by atoms with Crippen LogP contribution in [0.3, 0.4) is 0 Å². The van der Waals surface area contributed by atoms with E-state index in [1.165, 1.54) is 0 Å². The second kappa shape index (κ2) is 9.78. The Labute approximate surface area is 97.2 Å².